The van der Waals surface area contributed by atoms with Crippen LogP contribution in [0.5, 0.6) is 5.75 Å². The van der Waals surface area contributed by atoms with Crippen molar-refractivity contribution in [3.8, 4) is 11.8 Å². The molecular weight excluding hydrogens is 302 g/mol. The number of nitrogens with one attached hydrogen (secondary N) is 1. The van der Waals surface area contributed by atoms with Gasteiger partial charge in [-0.3, -0.25) is 4.79 Å². The zero-order chi connectivity index (χ0) is 16.9. The van der Waals surface area contributed by atoms with Gasteiger partial charge in [-0.15, -0.1) is 0 Å². The number of amides is 1. The number of hydrogen-bond donors (Lipinski definition) is 1. The molecule has 5 heteroatoms. The zero-order valence-corrected chi connectivity index (χ0v) is 13.3. The van der Waals surface area contributed by atoms with E-state index in [9.17, 15) is 4.79 Å². The largest absolute Gasteiger partial charge is 0.481 e. The van der Waals surface area contributed by atoms with Crippen molar-refractivity contribution in [3.05, 3.63) is 65.2 Å². The van der Waals surface area contributed by atoms with Crippen molar-refractivity contribution in [2.45, 2.75) is 25.9 Å². The van der Waals surface area contributed by atoms with Crippen molar-refractivity contribution in [1.29, 1.82) is 5.26 Å². The molecule has 1 amide bonds. The minimum absolute atomic E-state index is 0.309. The van der Waals surface area contributed by atoms with Gasteiger partial charge in [-0.25, -0.2) is 5.43 Å². The SMILES string of the molecule is CC(Oc1ccc(C#N)cc1)C(=O)N/N=C1/CCc2ccccc21. The third kappa shape index (κ3) is 3.44. The average molecular weight is 319 g/mol. The number of nitriles is 1. The lowest BCUT2D eigenvalue weighted by atomic mass is 10.1. The Morgan fingerprint density at radius 2 is 1.96 bits per heavy atom. The Kier molecular flexibility index (Phi) is 4.57. The number of nitrogens with zero attached hydrogens (tertiary/aromatic N) is 2. The van der Waals surface area contributed by atoms with Gasteiger partial charge in [0.1, 0.15) is 5.75 Å². The van der Waals surface area contributed by atoms with E-state index in [0.717, 1.165) is 24.1 Å². The molecule has 0 spiro atoms. The number of aryl methyl sites for hydroxylation is 1. The maximum absolute atomic E-state index is 12.1. The zero-order valence-electron chi connectivity index (χ0n) is 13.3. The Morgan fingerprint density at radius 1 is 1.21 bits per heavy atom. The predicted molar refractivity (Wildman–Crippen MR) is 90.7 cm³/mol. The van der Waals surface area contributed by atoms with Crippen LogP contribution in [0.1, 0.15) is 30.0 Å². The van der Waals surface area contributed by atoms with Crippen LogP contribution >= 0.6 is 0 Å². The molecule has 0 aromatic heterocycles. The molecule has 24 heavy (non-hydrogen) atoms. The molecule has 1 atom stereocenters. The number of carbonyl (C=O) groups is 1. The van der Waals surface area contributed by atoms with E-state index in [1.807, 2.05) is 24.3 Å². The lowest BCUT2D eigenvalue weighted by Gasteiger charge is -2.13. The molecule has 0 fully saturated rings. The minimum Gasteiger partial charge on any atom is -0.481 e. The average Bonchev–Trinajstić information content (AvgIpc) is 3.03. The summed E-state index contributed by atoms with van der Waals surface area (Å²) < 4.78 is 5.57. The van der Waals surface area contributed by atoms with E-state index >= 15 is 0 Å². The topological polar surface area (TPSA) is 74.5 Å². The van der Waals surface area contributed by atoms with Crippen LogP contribution in [-0.4, -0.2) is 17.7 Å². The van der Waals surface area contributed by atoms with Crippen molar-refractivity contribution in [2.75, 3.05) is 0 Å². The van der Waals surface area contributed by atoms with Gasteiger partial charge < -0.3 is 4.74 Å². The fraction of sp³-hybridized carbons (Fsp3) is 0.211. The maximum Gasteiger partial charge on any atom is 0.280 e. The standard InChI is InChI=1S/C19H17N3O2/c1-13(24-16-9-6-14(12-20)7-10-16)19(23)22-21-18-11-8-15-4-2-3-5-17(15)18/h2-7,9-10,13H,8,11H2,1H3,(H,22,23)/b21-18-. The van der Waals surface area contributed by atoms with E-state index in [-0.39, 0.29) is 5.91 Å². The molecule has 0 bridgehead atoms. The van der Waals surface area contributed by atoms with Crippen LogP contribution in [0.15, 0.2) is 53.6 Å². The highest BCUT2D eigenvalue weighted by Crippen LogP contribution is 2.21. The predicted octanol–water partition coefficient (Wildman–Crippen LogP) is 2.79. The Bertz CT molecular complexity index is 819. The fourth-order valence-corrected chi connectivity index (χ4v) is 2.60. The third-order valence-corrected chi connectivity index (χ3v) is 3.93. The van der Waals surface area contributed by atoms with Crippen molar-refractivity contribution in [2.24, 2.45) is 5.10 Å². The van der Waals surface area contributed by atoms with E-state index in [2.05, 4.69) is 16.6 Å². The second kappa shape index (κ2) is 6.97. The summed E-state index contributed by atoms with van der Waals surface area (Å²) >= 11 is 0. The van der Waals surface area contributed by atoms with Crippen LogP contribution < -0.4 is 10.2 Å². The van der Waals surface area contributed by atoms with Crippen molar-refractivity contribution in [1.82, 2.24) is 5.43 Å². The number of hydrogen-bond acceptors (Lipinski definition) is 4. The summed E-state index contributed by atoms with van der Waals surface area (Å²) in [6.45, 7) is 1.66. The molecule has 1 aliphatic rings. The second-order valence-electron chi connectivity index (χ2n) is 5.59. The number of ether oxygens (including phenoxy) is 1. The second-order valence-corrected chi connectivity index (χ2v) is 5.59. The van der Waals surface area contributed by atoms with Crippen LogP contribution in [-0.2, 0) is 11.2 Å². The summed E-state index contributed by atoms with van der Waals surface area (Å²) in [6.07, 6.45) is 1.09. The van der Waals surface area contributed by atoms with Crippen LogP contribution in [0.25, 0.3) is 0 Å². The molecule has 1 aliphatic carbocycles. The maximum atomic E-state index is 12.1. The molecule has 0 heterocycles. The van der Waals surface area contributed by atoms with E-state index in [1.54, 1.807) is 31.2 Å². The first-order valence-electron chi connectivity index (χ1n) is 7.79. The number of carbonyl (C=O) groups excluding carboxylic acids is 1. The van der Waals surface area contributed by atoms with Gasteiger partial charge in [0.05, 0.1) is 17.3 Å². The normalized spacial score (nSPS) is 15.4. The molecule has 3 rings (SSSR count). The van der Waals surface area contributed by atoms with Crippen molar-refractivity contribution < 1.29 is 9.53 Å². The molecular formula is C19H17N3O2. The monoisotopic (exact) mass is 319 g/mol. The molecule has 5 nitrogen and oxygen atoms in total. The van der Waals surface area contributed by atoms with Gasteiger partial charge in [-0.1, -0.05) is 24.3 Å². The van der Waals surface area contributed by atoms with E-state index in [0.29, 0.717) is 11.3 Å². The molecule has 1 N–H and O–H groups in total. The van der Waals surface area contributed by atoms with Gasteiger partial charge in [0.2, 0.25) is 0 Å². The molecule has 0 radical (unpaired) electrons. The highest BCUT2D eigenvalue weighted by atomic mass is 16.5. The Labute approximate surface area is 140 Å². The third-order valence-electron chi connectivity index (χ3n) is 3.93. The number of fused-ring (bicyclic) bond motifs is 1. The molecule has 2 aromatic rings. The van der Waals surface area contributed by atoms with Gasteiger partial charge in [-0.2, -0.15) is 10.4 Å². The quantitative estimate of drug-likeness (QED) is 0.881. The molecule has 1 unspecified atom stereocenters. The van der Waals surface area contributed by atoms with E-state index < -0.39 is 6.10 Å². The van der Waals surface area contributed by atoms with Gasteiger partial charge >= 0.3 is 0 Å². The van der Waals surface area contributed by atoms with Gasteiger partial charge in [0.25, 0.3) is 5.91 Å². The Balaban J connectivity index is 1.60. The van der Waals surface area contributed by atoms with Gasteiger partial charge in [0.15, 0.2) is 6.10 Å². The van der Waals surface area contributed by atoms with Gasteiger partial charge in [-0.05, 0) is 49.6 Å². The molecule has 2 aromatic carbocycles. The van der Waals surface area contributed by atoms with Crippen molar-refractivity contribution >= 4 is 11.6 Å². The number of rotatable bonds is 4. The highest BCUT2D eigenvalue weighted by Gasteiger charge is 2.19. The molecule has 0 saturated heterocycles. The number of hydrazone groups is 1. The first-order valence-corrected chi connectivity index (χ1v) is 7.79. The lowest BCUT2D eigenvalue weighted by Crippen LogP contribution is -2.34. The van der Waals surface area contributed by atoms with Crippen LogP contribution in [0.4, 0.5) is 0 Å². The first-order chi connectivity index (χ1) is 11.7. The number of benzene rings is 2. The highest BCUT2D eigenvalue weighted by molar-refractivity contribution is 6.04. The summed E-state index contributed by atoms with van der Waals surface area (Å²) in [6, 6.07) is 16.7. The minimum atomic E-state index is -0.682. The van der Waals surface area contributed by atoms with Crippen LogP contribution in [0.3, 0.4) is 0 Å². The summed E-state index contributed by atoms with van der Waals surface area (Å²) in [5.41, 5.74) is 6.37. The molecule has 0 saturated carbocycles. The Hall–Kier alpha value is -3.13. The Morgan fingerprint density at radius 3 is 2.71 bits per heavy atom. The van der Waals surface area contributed by atoms with E-state index in [1.165, 1.54) is 5.56 Å². The summed E-state index contributed by atoms with van der Waals surface area (Å²) in [4.78, 5) is 12.1. The lowest BCUT2D eigenvalue weighted by molar-refractivity contribution is -0.127. The summed E-state index contributed by atoms with van der Waals surface area (Å²) in [5, 5.41) is 13.0. The smallest absolute Gasteiger partial charge is 0.280 e. The van der Waals surface area contributed by atoms with Crippen LogP contribution in [0, 0.1) is 11.3 Å². The molecule has 0 aliphatic heterocycles. The van der Waals surface area contributed by atoms with Crippen molar-refractivity contribution in [3.63, 3.8) is 0 Å². The summed E-state index contributed by atoms with van der Waals surface area (Å²) in [5.74, 6) is 0.228. The first kappa shape index (κ1) is 15.8. The fourth-order valence-electron chi connectivity index (χ4n) is 2.60. The summed E-state index contributed by atoms with van der Waals surface area (Å²) in [7, 11) is 0. The van der Waals surface area contributed by atoms with Gasteiger partial charge in [0, 0.05) is 5.56 Å². The molecule has 120 valence electrons. The van der Waals surface area contributed by atoms with E-state index in [4.69, 9.17) is 10.00 Å². The van der Waals surface area contributed by atoms with Crippen LogP contribution in [0.2, 0.25) is 0 Å².